The van der Waals surface area contributed by atoms with Crippen LogP contribution < -0.4 is 9.47 Å². The van der Waals surface area contributed by atoms with Crippen molar-refractivity contribution in [2.45, 2.75) is 31.7 Å². The van der Waals surface area contributed by atoms with Gasteiger partial charge in [0.25, 0.3) is 0 Å². The van der Waals surface area contributed by atoms with Gasteiger partial charge >= 0.3 is 0 Å². The molecular formula is C20H18O6. The molecule has 0 aromatic heterocycles. The summed E-state index contributed by atoms with van der Waals surface area (Å²) in [5.74, 6) is -0.139. The van der Waals surface area contributed by atoms with E-state index >= 15 is 0 Å². The highest BCUT2D eigenvalue weighted by molar-refractivity contribution is 6.06. The Bertz CT molecular complexity index is 915. The van der Waals surface area contributed by atoms with E-state index in [4.69, 9.17) is 9.47 Å². The zero-order chi connectivity index (χ0) is 18.6. The molecule has 6 nitrogen and oxygen atoms in total. The van der Waals surface area contributed by atoms with E-state index in [1.54, 1.807) is 12.1 Å². The first-order valence-corrected chi connectivity index (χ1v) is 8.25. The number of aromatic hydroxyl groups is 2. The van der Waals surface area contributed by atoms with Crippen LogP contribution in [0, 0.1) is 0 Å². The lowest BCUT2D eigenvalue weighted by Gasteiger charge is -2.31. The number of carbonyl (C=O) groups excluding carboxylic acids is 1. The van der Waals surface area contributed by atoms with Crippen LogP contribution in [0.1, 0.15) is 34.5 Å². The number of fused-ring (bicyclic) bond motifs is 3. The molecule has 0 radical (unpaired) electrons. The van der Waals surface area contributed by atoms with Gasteiger partial charge in [0.1, 0.15) is 34.7 Å². The maximum absolute atomic E-state index is 12.7. The lowest BCUT2D eigenvalue weighted by Crippen LogP contribution is -2.36. The summed E-state index contributed by atoms with van der Waals surface area (Å²) in [4.78, 5) is 12.7. The third-order valence-corrected chi connectivity index (χ3v) is 4.80. The highest BCUT2D eigenvalue weighted by atomic mass is 16.5. The average Bonchev–Trinajstić information content (AvgIpc) is 3.02. The van der Waals surface area contributed by atoms with Crippen LogP contribution in [0.25, 0.3) is 0 Å². The van der Waals surface area contributed by atoms with Gasteiger partial charge in [-0.2, -0.15) is 0 Å². The van der Waals surface area contributed by atoms with E-state index in [1.807, 2.05) is 6.92 Å². The Labute approximate surface area is 149 Å². The van der Waals surface area contributed by atoms with Crippen LogP contribution in [-0.2, 0) is 6.42 Å². The van der Waals surface area contributed by atoms with Crippen molar-refractivity contribution < 1.29 is 29.6 Å². The predicted octanol–water partition coefficient (Wildman–Crippen LogP) is 2.65. The number of Topliss-reactive ketones (excluding diaryl/α,β-unsaturated/α-hetero) is 1. The highest BCUT2D eigenvalue weighted by Gasteiger charge is 2.42. The topological polar surface area (TPSA) is 96.2 Å². The minimum atomic E-state index is -1.46. The maximum atomic E-state index is 12.7. The van der Waals surface area contributed by atoms with Crippen molar-refractivity contribution >= 4 is 5.78 Å². The molecule has 2 aromatic carbocycles. The van der Waals surface area contributed by atoms with Crippen molar-refractivity contribution in [3.8, 4) is 23.0 Å². The molecule has 0 saturated heterocycles. The third kappa shape index (κ3) is 2.42. The summed E-state index contributed by atoms with van der Waals surface area (Å²) in [7, 11) is 0. The molecule has 2 heterocycles. The predicted molar refractivity (Wildman–Crippen MR) is 92.9 cm³/mol. The zero-order valence-electron chi connectivity index (χ0n) is 14.1. The number of phenolic OH excluding ortho intramolecular Hbond substituents is 2. The Morgan fingerprint density at radius 2 is 1.88 bits per heavy atom. The van der Waals surface area contributed by atoms with Crippen LogP contribution in [0.2, 0.25) is 0 Å². The molecule has 0 saturated carbocycles. The Balaban J connectivity index is 1.81. The summed E-state index contributed by atoms with van der Waals surface area (Å²) in [6.07, 6.45) is -2.19. The first-order valence-electron chi connectivity index (χ1n) is 8.25. The van der Waals surface area contributed by atoms with E-state index < -0.39 is 18.0 Å². The second-order valence-corrected chi connectivity index (χ2v) is 6.67. The lowest BCUT2D eigenvalue weighted by atomic mass is 9.90. The largest absolute Gasteiger partial charge is 0.508 e. The van der Waals surface area contributed by atoms with Gasteiger partial charge in [-0.05, 0) is 30.2 Å². The molecule has 4 rings (SSSR count). The third-order valence-electron chi connectivity index (χ3n) is 4.80. The maximum Gasteiger partial charge on any atom is 0.202 e. The Hall–Kier alpha value is -2.99. The van der Waals surface area contributed by atoms with E-state index in [9.17, 15) is 20.1 Å². The van der Waals surface area contributed by atoms with Crippen molar-refractivity contribution in [3.05, 3.63) is 59.2 Å². The van der Waals surface area contributed by atoms with Gasteiger partial charge in [0, 0.05) is 18.1 Å². The van der Waals surface area contributed by atoms with Crippen LogP contribution in [0.15, 0.2) is 42.5 Å². The lowest BCUT2D eigenvalue weighted by molar-refractivity contribution is 0.0208. The van der Waals surface area contributed by atoms with E-state index in [2.05, 4.69) is 6.58 Å². The summed E-state index contributed by atoms with van der Waals surface area (Å²) in [6, 6.07) is 7.46. The minimum absolute atomic E-state index is 0.0303. The fourth-order valence-electron chi connectivity index (χ4n) is 3.38. The van der Waals surface area contributed by atoms with Crippen molar-refractivity contribution in [1.82, 2.24) is 0 Å². The van der Waals surface area contributed by atoms with Gasteiger partial charge in [-0.25, -0.2) is 0 Å². The fourth-order valence-corrected chi connectivity index (χ4v) is 3.38. The molecule has 0 fully saturated rings. The van der Waals surface area contributed by atoms with Gasteiger partial charge in [-0.1, -0.05) is 18.7 Å². The summed E-state index contributed by atoms with van der Waals surface area (Å²) < 4.78 is 11.8. The second-order valence-electron chi connectivity index (χ2n) is 6.67. The molecule has 3 N–H and O–H groups in total. The van der Waals surface area contributed by atoms with Gasteiger partial charge in [0.15, 0.2) is 12.2 Å². The molecule has 3 unspecified atom stereocenters. The number of ketones is 1. The summed E-state index contributed by atoms with van der Waals surface area (Å²) in [5.41, 5.74) is 2.01. The van der Waals surface area contributed by atoms with Crippen LogP contribution in [-0.4, -0.2) is 33.3 Å². The highest BCUT2D eigenvalue weighted by Crippen LogP contribution is 2.49. The molecule has 2 aliphatic rings. The molecule has 0 spiro atoms. The Morgan fingerprint density at radius 3 is 2.54 bits per heavy atom. The summed E-state index contributed by atoms with van der Waals surface area (Å²) in [5, 5.41) is 30.2. The van der Waals surface area contributed by atoms with Crippen LogP contribution in [0.5, 0.6) is 23.0 Å². The van der Waals surface area contributed by atoms with Crippen molar-refractivity contribution in [2.24, 2.45) is 0 Å². The molecule has 0 aliphatic carbocycles. The molecule has 2 aromatic rings. The number of hydrogen-bond acceptors (Lipinski definition) is 6. The number of carbonyl (C=O) groups is 1. The van der Waals surface area contributed by atoms with Gasteiger partial charge < -0.3 is 24.8 Å². The van der Waals surface area contributed by atoms with Crippen LogP contribution in [0.4, 0.5) is 0 Å². The van der Waals surface area contributed by atoms with E-state index in [1.165, 1.54) is 18.2 Å². The fraction of sp³-hybridized carbons (Fsp3) is 0.250. The number of ether oxygens (including phenoxy) is 2. The second kappa shape index (κ2) is 5.78. The molecule has 2 aliphatic heterocycles. The van der Waals surface area contributed by atoms with Crippen LogP contribution >= 0.6 is 0 Å². The van der Waals surface area contributed by atoms with Gasteiger partial charge in [-0.15, -0.1) is 0 Å². The molecule has 134 valence electrons. The first-order chi connectivity index (χ1) is 12.4. The van der Waals surface area contributed by atoms with Gasteiger partial charge in [0.05, 0.1) is 0 Å². The number of aliphatic hydroxyl groups excluding tert-OH is 1. The SMILES string of the molecule is C=C(C)C1Cc2c(cc(O)c3c2OC(c2ccc(O)cc2)C(O)C3=O)O1. The molecule has 3 atom stereocenters. The number of phenols is 2. The summed E-state index contributed by atoms with van der Waals surface area (Å²) in [6.45, 7) is 5.74. The first kappa shape index (κ1) is 16.5. The summed E-state index contributed by atoms with van der Waals surface area (Å²) >= 11 is 0. The minimum Gasteiger partial charge on any atom is -0.508 e. The van der Waals surface area contributed by atoms with E-state index in [0.29, 0.717) is 23.3 Å². The molecule has 0 amide bonds. The number of rotatable bonds is 2. The van der Waals surface area contributed by atoms with Crippen molar-refractivity contribution in [2.75, 3.05) is 0 Å². The van der Waals surface area contributed by atoms with Crippen LogP contribution in [0.3, 0.4) is 0 Å². The Kier molecular flexibility index (Phi) is 3.66. The van der Waals surface area contributed by atoms with Gasteiger partial charge in [-0.3, -0.25) is 4.79 Å². The quantitative estimate of drug-likeness (QED) is 0.718. The molecule has 0 bridgehead atoms. The smallest absolute Gasteiger partial charge is 0.202 e. The molecule has 6 heteroatoms. The Morgan fingerprint density at radius 1 is 1.19 bits per heavy atom. The molecule has 26 heavy (non-hydrogen) atoms. The standard InChI is InChI=1S/C20H18O6/c1-9(2)14-7-12-15(25-14)8-13(22)16-17(23)18(24)19(26-20(12)16)10-3-5-11(21)6-4-10/h3-6,8,14,18-19,21-22,24H,1,7H2,2H3. The van der Waals surface area contributed by atoms with Gasteiger partial charge in [0.2, 0.25) is 5.78 Å². The zero-order valence-corrected chi connectivity index (χ0v) is 14.1. The molecular weight excluding hydrogens is 336 g/mol. The number of hydrogen-bond donors (Lipinski definition) is 3. The van der Waals surface area contributed by atoms with Crippen molar-refractivity contribution in [1.29, 1.82) is 0 Å². The van der Waals surface area contributed by atoms with E-state index in [-0.39, 0.29) is 28.9 Å². The monoisotopic (exact) mass is 354 g/mol. The number of benzene rings is 2. The average molecular weight is 354 g/mol. The number of aliphatic hydroxyl groups is 1. The van der Waals surface area contributed by atoms with E-state index in [0.717, 1.165) is 5.57 Å². The van der Waals surface area contributed by atoms with Crippen molar-refractivity contribution in [3.63, 3.8) is 0 Å². The normalized spacial score (nSPS) is 23.6.